The highest BCUT2D eigenvalue weighted by Gasteiger charge is 2.31. The van der Waals surface area contributed by atoms with Crippen LogP contribution in [0, 0.1) is 19.8 Å². The fourth-order valence-electron chi connectivity index (χ4n) is 2.11. The summed E-state index contributed by atoms with van der Waals surface area (Å²) in [5, 5.41) is 9.14. The molecule has 118 valence electrons. The molecular weight excluding hydrogens is 294 g/mol. The van der Waals surface area contributed by atoms with Crippen LogP contribution in [-0.2, 0) is 14.8 Å². The molecule has 0 aliphatic heterocycles. The lowest BCUT2D eigenvalue weighted by atomic mass is 10.1. The van der Waals surface area contributed by atoms with Crippen molar-refractivity contribution in [1.82, 2.24) is 4.72 Å². The summed E-state index contributed by atoms with van der Waals surface area (Å²) in [6, 6.07) is 2.12. The van der Waals surface area contributed by atoms with Crippen molar-refractivity contribution in [3.63, 3.8) is 0 Å². The molecule has 0 bridgehead atoms. The van der Waals surface area contributed by atoms with Gasteiger partial charge >= 0.3 is 5.97 Å². The normalized spacial score (nSPS) is 13.2. The van der Waals surface area contributed by atoms with Crippen molar-refractivity contribution in [2.24, 2.45) is 5.92 Å². The molecule has 0 aliphatic carbocycles. The Balaban J connectivity index is 3.35. The maximum atomic E-state index is 12.5. The lowest BCUT2D eigenvalue weighted by molar-refractivity contribution is -0.140. The Morgan fingerprint density at radius 2 is 1.86 bits per heavy atom. The summed E-state index contributed by atoms with van der Waals surface area (Å²) in [6.07, 6.45) is 0. The number of hydrogen-bond donors (Lipinski definition) is 2. The zero-order valence-corrected chi connectivity index (χ0v) is 13.6. The lowest BCUT2D eigenvalue weighted by Gasteiger charge is -2.20. The zero-order valence-electron chi connectivity index (χ0n) is 12.8. The number of rotatable bonds is 6. The average molecular weight is 315 g/mol. The molecule has 1 rings (SSSR count). The van der Waals surface area contributed by atoms with Gasteiger partial charge in [0.15, 0.2) is 0 Å². The molecule has 0 saturated carbocycles. The monoisotopic (exact) mass is 315 g/mol. The highest BCUT2D eigenvalue weighted by atomic mass is 32.2. The lowest BCUT2D eigenvalue weighted by Crippen LogP contribution is -2.44. The van der Waals surface area contributed by atoms with Gasteiger partial charge in [0, 0.05) is 0 Å². The van der Waals surface area contributed by atoms with Gasteiger partial charge in [-0.15, -0.1) is 0 Å². The van der Waals surface area contributed by atoms with E-state index in [2.05, 4.69) is 4.72 Å². The number of methoxy groups -OCH3 is 1. The van der Waals surface area contributed by atoms with Crippen molar-refractivity contribution in [1.29, 1.82) is 0 Å². The van der Waals surface area contributed by atoms with Crippen molar-refractivity contribution in [3.8, 4) is 5.75 Å². The molecule has 0 saturated heterocycles. The van der Waals surface area contributed by atoms with Crippen LogP contribution in [0.25, 0.3) is 0 Å². The maximum Gasteiger partial charge on any atom is 0.322 e. The minimum absolute atomic E-state index is 0.0255. The minimum atomic E-state index is -4.00. The van der Waals surface area contributed by atoms with E-state index in [0.717, 1.165) is 5.56 Å². The summed E-state index contributed by atoms with van der Waals surface area (Å²) in [5.74, 6) is -1.39. The Labute approximate surface area is 125 Å². The summed E-state index contributed by atoms with van der Waals surface area (Å²) >= 11 is 0. The van der Waals surface area contributed by atoms with Gasteiger partial charge in [-0.2, -0.15) is 4.72 Å². The highest BCUT2D eigenvalue weighted by Crippen LogP contribution is 2.29. The second-order valence-corrected chi connectivity index (χ2v) is 6.95. The van der Waals surface area contributed by atoms with Gasteiger partial charge in [-0.05, 0) is 37.0 Å². The molecule has 21 heavy (non-hydrogen) atoms. The van der Waals surface area contributed by atoms with E-state index in [9.17, 15) is 13.2 Å². The largest absolute Gasteiger partial charge is 0.495 e. The van der Waals surface area contributed by atoms with E-state index in [1.165, 1.54) is 7.11 Å². The molecule has 1 atom stereocenters. The van der Waals surface area contributed by atoms with Gasteiger partial charge in [0.25, 0.3) is 0 Å². The summed E-state index contributed by atoms with van der Waals surface area (Å²) in [5.41, 5.74) is 1.37. The Bertz CT molecular complexity index is 637. The third-order valence-corrected chi connectivity index (χ3v) is 4.71. The van der Waals surface area contributed by atoms with Gasteiger partial charge in [0.05, 0.1) is 7.11 Å². The van der Waals surface area contributed by atoms with Crippen molar-refractivity contribution in [2.75, 3.05) is 7.11 Å². The number of benzene rings is 1. The fourth-order valence-corrected chi connectivity index (χ4v) is 3.82. The Morgan fingerprint density at radius 3 is 2.29 bits per heavy atom. The molecule has 0 aromatic heterocycles. The second-order valence-electron chi connectivity index (χ2n) is 5.29. The van der Waals surface area contributed by atoms with E-state index in [1.54, 1.807) is 32.9 Å². The van der Waals surface area contributed by atoms with Gasteiger partial charge in [-0.25, -0.2) is 8.42 Å². The molecule has 0 fully saturated rings. The van der Waals surface area contributed by atoms with Crippen molar-refractivity contribution in [3.05, 3.63) is 23.3 Å². The molecule has 0 heterocycles. The number of aryl methyl sites for hydroxylation is 2. The van der Waals surface area contributed by atoms with Crippen LogP contribution in [0.1, 0.15) is 25.0 Å². The molecule has 1 aromatic rings. The third-order valence-electron chi connectivity index (χ3n) is 3.09. The minimum Gasteiger partial charge on any atom is -0.495 e. The molecule has 0 spiro atoms. The SMILES string of the molecule is COc1cc(C)cc(C)c1S(=O)(=O)N[C@H](C(=O)O)C(C)C. The van der Waals surface area contributed by atoms with Gasteiger partial charge in [-0.3, -0.25) is 4.79 Å². The van der Waals surface area contributed by atoms with Crippen LogP contribution in [0.3, 0.4) is 0 Å². The van der Waals surface area contributed by atoms with Gasteiger partial charge in [-0.1, -0.05) is 19.9 Å². The summed E-state index contributed by atoms with van der Waals surface area (Å²) in [6.45, 7) is 6.75. The van der Waals surface area contributed by atoms with E-state index < -0.39 is 22.0 Å². The van der Waals surface area contributed by atoms with Crippen LogP contribution in [0.5, 0.6) is 5.75 Å². The predicted molar refractivity (Wildman–Crippen MR) is 79.1 cm³/mol. The number of aliphatic carboxylic acids is 1. The fraction of sp³-hybridized carbons (Fsp3) is 0.500. The molecule has 6 nitrogen and oxygen atoms in total. The van der Waals surface area contributed by atoms with Crippen molar-refractivity contribution >= 4 is 16.0 Å². The summed E-state index contributed by atoms with van der Waals surface area (Å²) in [7, 11) is -2.62. The third kappa shape index (κ3) is 3.95. The number of hydrogen-bond acceptors (Lipinski definition) is 4. The number of ether oxygens (including phenoxy) is 1. The molecule has 0 unspecified atom stereocenters. The topological polar surface area (TPSA) is 92.7 Å². The van der Waals surface area contributed by atoms with E-state index in [4.69, 9.17) is 9.84 Å². The first-order chi connectivity index (χ1) is 9.60. The van der Waals surface area contributed by atoms with E-state index in [1.807, 2.05) is 6.92 Å². The smallest absolute Gasteiger partial charge is 0.322 e. The zero-order chi connectivity index (χ0) is 16.4. The average Bonchev–Trinajstić information content (AvgIpc) is 2.33. The van der Waals surface area contributed by atoms with Gasteiger partial charge < -0.3 is 9.84 Å². The molecule has 1 aromatic carbocycles. The number of carboxylic acids is 1. The molecule has 0 radical (unpaired) electrons. The van der Waals surface area contributed by atoms with E-state index >= 15 is 0 Å². The Hall–Kier alpha value is -1.60. The van der Waals surface area contributed by atoms with E-state index in [-0.39, 0.29) is 16.6 Å². The number of carbonyl (C=O) groups is 1. The molecule has 7 heteroatoms. The second kappa shape index (κ2) is 6.44. The van der Waals surface area contributed by atoms with Crippen molar-refractivity contribution < 1.29 is 23.1 Å². The summed E-state index contributed by atoms with van der Waals surface area (Å²) < 4.78 is 32.4. The van der Waals surface area contributed by atoms with Gasteiger partial charge in [0.2, 0.25) is 10.0 Å². The van der Waals surface area contributed by atoms with Gasteiger partial charge in [0.1, 0.15) is 16.7 Å². The van der Waals surface area contributed by atoms with Crippen LogP contribution >= 0.6 is 0 Å². The van der Waals surface area contributed by atoms with Crippen LogP contribution in [0.15, 0.2) is 17.0 Å². The van der Waals surface area contributed by atoms with Crippen LogP contribution in [-0.4, -0.2) is 32.6 Å². The number of nitrogens with one attached hydrogen (secondary N) is 1. The molecule has 0 amide bonds. The van der Waals surface area contributed by atoms with E-state index in [0.29, 0.717) is 5.56 Å². The predicted octanol–water partition coefficient (Wildman–Crippen LogP) is 1.70. The summed E-state index contributed by atoms with van der Waals surface area (Å²) in [4.78, 5) is 11.2. The Kier molecular flexibility index (Phi) is 5.36. The highest BCUT2D eigenvalue weighted by molar-refractivity contribution is 7.89. The van der Waals surface area contributed by atoms with Crippen LogP contribution in [0.2, 0.25) is 0 Å². The number of sulfonamides is 1. The quantitative estimate of drug-likeness (QED) is 0.833. The first kappa shape index (κ1) is 17.5. The molecule has 2 N–H and O–H groups in total. The standard InChI is InChI=1S/C14H21NO5S/c1-8(2)12(14(16)17)15-21(18,19)13-10(4)6-9(3)7-11(13)20-5/h6-8,12,15H,1-5H3,(H,16,17)/t12-/m0/s1. The maximum absolute atomic E-state index is 12.5. The molecule has 0 aliphatic rings. The molecular formula is C14H21NO5S. The van der Waals surface area contributed by atoms with Crippen molar-refractivity contribution in [2.45, 2.75) is 38.6 Å². The first-order valence-electron chi connectivity index (χ1n) is 6.50. The van der Waals surface area contributed by atoms with Crippen LogP contribution in [0.4, 0.5) is 0 Å². The first-order valence-corrected chi connectivity index (χ1v) is 7.98. The number of carboxylic acid groups (broad SMARTS) is 1. The van der Waals surface area contributed by atoms with Crippen LogP contribution < -0.4 is 9.46 Å². The Morgan fingerprint density at radius 1 is 1.29 bits per heavy atom.